The largest absolute Gasteiger partial charge is 0.340 e. The van der Waals surface area contributed by atoms with Gasteiger partial charge in [0.2, 0.25) is 11.8 Å². The predicted molar refractivity (Wildman–Crippen MR) is 118 cm³/mol. The van der Waals surface area contributed by atoms with Crippen molar-refractivity contribution in [3.8, 4) is 0 Å². The Balaban J connectivity index is 1.16. The molecule has 3 fully saturated rings. The van der Waals surface area contributed by atoms with Crippen molar-refractivity contribution in [3.05, 3.63) is 34.9 Å². The predicted octanol–water partition coefficient (Wildman–Crippen LogP) is 2.32. The van der Waals surface area contributed by atoms with Gasteiger partial charge in [0.05, 0.1) is 6.54 Å². The lowest BCUT2D eigenvalue weighted by Crippen LogP contribution is -2.54. The van der Waals surface area contributed by atoms with Crippen molar-refractivity contribution in [1.29, 1.82) is 0 Å². The molecule has 30 heavy (non-hydrogen) atoms. The quantitative estimate of drug-likeness (QED) is 0.716. The smallest absolute Gasteiger partial charge is 0.236 e. The summed E-state index contributed by atoms with van der Waals surface area (Å²) in [6.45, 7) is 7.88. The summed E-state index contributed by atoms with van der Waals surface area (Å²) in [6, 6.07) is 7.99. The molecule has 2 amide bonds. The van der Waals surface area contributed by atoms with E-state index in [-0.39, 0.29) is 11.8 Å². The number of piperazine rings is 2. The summed E-state index contributed by atoms with van der Waals surface area (Å²) in [4.78, 5) is 34.0. The average Bonchev–Trinajstić information content (AvgIpc) is 3.31. The molecule has 1 aromatic carbocycles. The van der Waals surface area contributed by atoms with Crippen LogP contribution in [0.5, 0.6) is 0 Å². The monoisotopic (exact) mass is 432 g/mol. The number of nitrogens with zero attached hydrogens (tertiary/aromatic N) is 4. The molecule has 0 N–H and O–H groups in total. The first kappa shape index (κ1) is 21.6. The fraction of sp³-hybridized carbons (Fsp3) is 0.652. The van der Waals surface area contributed by atoms with Crippen LogP contribution in [0.2, 0.25) is 5.02 Å². The molecule has 7 heteroatoms. The van der Waals surface area contributed by atoms with Crippen LogP contribution >= 0.6 is 11.6 Å². The van der Waals surface area contributed by atoms with Crippen molar-refractivity contribution >= 4 is 23.4 Å². The molecular formula is C23H33ClN4O2. The van der Waals surface area contributed by atoms with E-state index in [2.05, 4.69) is 21.9 Å². The van der Waals surface area contributed by atoms with Crippen LogP contribution in [0.25, 0.3) is 0 Å². The van der Waals surface area contributed by atoms with Crippen LogP contribution < -0.4 is 0 Å². The second-order valence-electron chi connectivity index (χ2n) is 8.87. The van der Waals surface area contributed by atoms with Gasteiger partial charge < -0.3 is 9.80 Å². The number of amides is 2. The van der Waals surface area contributed by atoms with E-state index in [1.165, 1.54) is 18.4 Å². The van der Waals surface area contributed by atoms with Gasteiger partial charge in [-0.3, -0.25) is 19.4 Å². The van der Waals surface area contributed by atoms with Gasteiger partial charge in [-0.1, -0.05) is 36.6 Å². The van der Waals surface area contributed by atoms with E-state index in [4.69, 9.17) is 11.6 Å². The summed E-state index contributed by atoms with van der Waals surface area (Å²) in [5, 5.41) is 0.762. The summed E-state index contributed by atoms with van der Waals surface area (Å²) < 4.78 is 0. The molecule has 0 aromatic heterocycles. The molecule has 4 rings (SSSR count). The van der Waals surface area contributed by atoms with Gasteiger partial charge in [-0.2, -0.15) is 0 Å². The third-order valence-electron chi connectivity index (χ3n) is 6.79. The van der Waals surface area contributed by atoms with Gasteiger partial charge >= 0.3 is 0 Å². The average molecular weight is 433 g/mol. The maximum absolute atomic E-state index is 12.8. The van der Waals surface area contributed by atoms with E-state index < -0.39 is 0 Å². The minimum atomic E-state index is 0.219. The van der Waals surface area contributed by atoms with E-state index in [9.17, 15) is 9.59 Å². The fourth-order valence-corrected chi connectivity index (χ4v) is 4.98. The van der Waals surface area contributed by atoms with Crippen LogP contribution in [0.15, 0.2) is 24.3 Å². The maximum atomic E-state index is 12.8. The number of hydrogen-bond donors (Lipinski definition) is 0. The molecule has 2 saturated heterocycles. The van der Waals surface area contributed by atoms with Crippen LogP contribution in [0, 0.1) is 5.92 Å². The Bertz CT molecular complexity index is 719. The van der Waals surface area contributed by atoms with Crippen LogP contribution in [-0.4, -0.2) is 90.3 Å². The SMILES string of the molecule is O=C(CN1CCN(C(=O)C2CCCC2)CC1)N1CCN(Cc2ccc(Cl)cc2)CC1. The molecule has 3 aliphatic rings. The first-order chi connectivity index (χ1) is 14.6. The van der Waals surface area contributed by atoms with Crippen molar-refractivity contribution in [1.82, 2.24) is 19.6 Å². The number of benzene rings is 1. The van der Waals surface area contributed by atoms with Crippen LogP contribution in [-0.2, 0) is 16.1 Å². The highest BCUT2D eigenvalue weighted by Gasteiger charge is 2.30. The lowest BCUT2D eigenvalue weighted by Gasteiger charge is -2.38. The molecule has 2 aliphatic heterocycles. The topological polar surface area (TPSA) is 47.1 Å². The minimum absolute atomic E-state index is 0.219. The van der Waals surface area contributed by atoms with Crippen LogP contribution in [0.3, 0.4) is 0 Å². The molecular weight excluding hydrogens is 400 g/mol. The Morgan fingerprint density at radius 3 is 2.00 bits per heavy atom. The van der Waals surface area contributed by atoms with Crippen LogP contribution in [0.1, 0.15) is 31.2 Å². The lowest BCUT2D eigenvalue weighted by molar-refractivity contribution is -0.138. The summed E-state index contributed by atoms with van der Waals surface area (Å²) in [5.41, 5.74) is 1.25. The van der Waals surface area contributed by atoms with E-state index in [1.54, 1.807) is 0 Å². The zero-order valence-electron chi connectivity index (χ0n) is 17.8. The zero-order valence-corrected chi connectivity index (χ0v) is 18.5. The van der Waals surface area contributed by atoms with Gasteiger partial charge in [0, 0.05) is 69.8 Å². The Hall–Kier alpha value is -1.63. The Morgan fingerprint density at radius 2 is 1.37 bits per heavy atom. The van der Waals surface area contributed by atoms with E-state index in [0.29, 0.717) is 12.5 Å². The first-order valence-electron chi connectivity index (χ1n) is 11.3. The third kappa shape index (κ3) is 5.54. The van der Waals surface area contributed by atoms with E-state index in [0.717, 1.165) is 76.8 Å². The van der Waals surface area contributed by atoms with Crippen molar-refractivity contribution in [2.24, 2.45) is 5.92 Å². The Morgan fingerprint density at radius 1 is 0.800 bits per heavy atom. The molecule has 6 nitrogen and oxygen atoms in total. The van der Waals surface area contributed by atoms with Gasteiger partial charge in [0.1, 0.15) is 0 Å². The fourth-order valence-electron chi connectivity index (χ4n) is 4.85. The van der Waals surface area contributed by atoms with Crippen molar-refractivity contribution in [2.75, 3.05) is 58.9 Å². The molecule has 2 heterocycles. The standard InChI is InChI=1S/C23H33ClN4O2/c24-21-7-5-19(6-8-21)17-25-9-13-27(14-10-25)22(29)18-26-11-15-28(16-12-26)23(30)20-3-1-2-4-20/h5-8,20H,1-4,9-18H2. The number of carbonyl (C=O) groups is 2. The highest BCUT2D eigenvalue weighted by atomic mass is 35.5. The van der Waals surface area contributed by atoms with Gasteiger partial charge in [0.15, 0.2) is 0 Å². The molecule has 0 bridgehead atoms. The van der Waals surface area contributed by atoms with E-state index >= 15 is 0 Å². The molecule has 0 spiro atoms. The summed E-state index contributed by atoms with van der Waals surface area (Å²) in [5.74, 6) is 0.814. The highest BCUT2D eigenvalue weighted by Crippen LogP contribution is 2.27. The van der Waals surface area contributed by atoms with Crippen molar-refractivity contribution in [2.45, 2.75) is 32.2 Å². The first-order valence-corrected chi connectivity index (χ1v) is 11.7. The second-order valence-corrected chi connectivity index (χ2v) is 9.30. The molecule has 1 saturated carbocycles. The lowest BCUT2D eigenvalue weighted by atomic mass is 10.1. The highest BCUT2D eigenvalue weighted by molar-refractivity contribution is 6.30. The number of rotatable bonds is 5. The Labute approximate surface area is 184 Å². The van der Waals surface area contributed by atoms with E-state index in [1.807, 2.05) is 21.9 Å². The number of carbonyl (C=O) groups excluding carboxylic acids is 2. The number of halogens is 1. The van der Waals surface area contributed by atoms with Crippen LogP contribution in [0.4, 0.5) is 0 Å². The molecule has 0 unspecified atom stereocenters. The minimum Gasteiger partial charge on any atom is -0.340 e. The van der Waals surface area contributed by atoms with Crippen molar-refractivity contribution < 1.29 is 9.59 Å². The molecule has 0 atom stereocenters. The normalized spacial score (nSPS) is 21.9. The van der Waals surface area contributed by atoms with Gasteiger partial charge in [-0.05, 0) is 30.5 Å². The summed E-state index contributed by atoms with van der Waals surface area (Å²) in [7, 11) is 0. The number of hydrogen-bond acceptors (Lipinski definition) is 4. The molecule has 1 aromatic rings. The Kier molecular flexibility index (Phi) is 7.28. The molecule has 164 valence electrons. The van der Waals surface area contributed by atoms with Crippen molar-refractivity contribution in [3.63, 3.8) is 0 Å². The summed E-state index contributed by atoms with van der Waals surface area (Å²) >= 11 is 5.96. The van der Waals surface area contributed by atoms with Gasteiger partial charge in [-0.25, -0.2) is 0 Å². The summed E-state index contributed by atoms with van der Waals surface area (Å²) in [6.07, 6.45) is 4.50. The molecule has 0 radical (unpaired) electrons. The molecule has 1 aliphatic carbocycles. The zero-order chi connectivity index (χ0) is 20.9. The maximum Gasteiger partial charge on any atom is 0.236 e. The van der Waals surface area contributed by atoms with Gasteiger partial charge in [-0.15, -0.1) is 0 Å². The van der Waals surface area contributed by atoms with Gasteiger partial charge in [0.25, 0.3) is 0 Å². The second kappa shape index (κ2) is 10.1. The third-order valence-corrected chi connectivity index (χ3v) is 7.04.